The molecule has 0 aliphatic heterocycles. The molecule has 0 aromatic heterocycles. The van der Waals surface area contributed by atoms with E-state index in [2.05, 4.69) is 0 Å². The first-order valence-corrected chi connectivity index (χ1v) is 11.6. The maximum atomic E-state index is 11.9. The van der Waals surface area contributed by atoms with Crippen LogP contribution >= 0.6 is 0 Å². The third-order valence-corrected chi connectivity index (χ3v) is 6.27. The van der Waals surface area contributed by atoms with Gasteiger partial charge in [0.15, 0.2) is 6.29 Å². The van der Waals surface area contributed by atoms with Crippen molar-refractivity contribution < 1.29 is 44.8 Å². The van der Waals surface area contributed by atoms with Gasteiger partial charge in [-0.15, -0.1) is 0 Å². The molecule has 4 rings (SSSR count). The van der Waals surface area contributed by atoms with Gasteiger partial charge >= 0.3 is 11.9 Å². The smallest absolute Gasteiger partial charge is 0.335 e. The summed E-state index contributed by atoms with van der Waals surface area (Å²) in [5.74, 6) is -2.87. The number of carboxylic acid groups (broad SMARTS) is 2. The highest BCUT2D eigenvalue weighted by molar-refractivity contribution is 5.94. The molecule has 0 atom stereocenters. The molecule has 0 saturated carbocycles. The van der Waals surface area contributed by atoms with E-state index in [1.54, 1.807) is 0 Å². The molecule has 0 aliphatic carbocycles. The molecule has 0 bridgehead atoms. The van der Waals surface area contributed by atoms with Crippen molar-refractivity contribution in [3.05, 3.63) is 120 Å². The summed E-state index contributed by atoms with van der Waals surface area (Å²) < 4.78 is 0. The van der Waals surface area contributed by atoms with Crippen LogP contribution in [0.4, 0.5) is 17.1 Å². The van der Waals surface area contributed by atoms with Crippen molar-refractivity contribution in [2.75, 3.05) is 0 Å². The van der Waals surface area contributed by atoms with Gasteiger partial charge in [0, 0.05) is 23.8 Å². The van der Waals surface area contributed by atoms with Crippen LogP contribution in [0.25, 0.3) is 33.4 Å². The zero-order valence-electron chi connectivity index (χ0n) is 20.9. The van der Waals surface area contributed by atoms with Gasteiger partial charge in [-0.3, -0.25) is 30.3 Å². The van der Waals surface area contributed by atoms with Crippen LogP contribution in [0.3, 0.4) is 0 Å². The van der Waals surface area contributed by atoms with Gasteiger partial charge in [-0.05, 0) is 65.2 Å². The topological polar surface area (TPSA) is 244 Å². The van der Waals surface area contributed by atoms with Gasteiger partial charge in [0.05, 0.1) is 42.6 Å². The molecule has 0 unspecified atom stereocenters. The first kappa shape index (κ1) is 28.9. The summed E-state index contributed by atoms with van der Waals surface area (Å²) in [6.07, 6.45) is -2.04. The van der Waals surface area contributed by atoms with E-state index in [9.17, 15) is 60.4 Å². The molecule has 0 fully saturated rings. The van der Waals surface area contributed by atoms with Crippen LogP contribution in [0.2, 0.25) is 0 Å². The molecule has 0 spiro atoms. The van der Waals surface area contributed by atoms with Crippen molar-refractivity contribution in [3.63, 3.8) is 0 Å². The van der Waals surface area contributed by atoms with Gasteiger partial charge in [-0.2, -0.15) is 0 Å². The zero-order chi connectivity index (χ0) is 30.9. The maximum Gasteiger partial charge on any atom is 0.335 e. The Morgan fingerprint density at radius 2 is 0.881 bits per heavy atom. The van der Waals surface area contributed by atoms with E-state index in [1.165, 1.54) is 30.3 Å². The predicted octanol–water partition coefficient (Wildman–Crippen LogP) is 4.79. The Hall–Kier alpha value is -6.06. The fourth-order valence-corrected chi connectivity index (χ4v) is 4.32. The summed E-state index contributed by atoms with van der Waals surface area (Å²) >= 11 is 0. The van der Waals surface area contributed by atoms with Crippen LogP contribution in [0, 0.1) is 30.3 Å². The predicted molar refractivity (Wildman–Crippen MR) is 144 cm³/mol. The molecule has 4 aromatic carbocycles. The van der Waals surface area contributed by atoms with Crippen LogP contribution in [0.1, 0.15) is 32.6 Å². The quantitative estimate of drug-likeness (QED) is 0.119. The van der Waals surface area contributed by atoms with Gasteiger partial charge in [0.2, 0.25) is 0 Å². The number of hydrogen-bond acceptors (Lipinski definition) is 10. The molecule has 0 amide bonds. The maximum absolute atomic E-state index is 11.9. The van der Waals surface area contributed by atoms with Gasteiger partial charge in [-0.1, -0.05) is 6.07 Å². The number of carboxylic acids is 2. The van der Waals surface area contributed by atoms with E-state index in [4.69, 9.17) is 0 Å². The SMILES string of the molecule is O=C(O)c1ccc(-c2cc(-c3ccc(C(=O)O)cc3[N+](=O)[O-])cc(-c3ccc(C(O)O)cc3[N+](=O)[O-])c2)c([N+](=O)[O-])c1. The highest BCUT2D eigenvalue weighted by Crippen LogP contribution is 2.41. The first-order valence-electron chi connectivity index (χ1n) is 11.6. The Morgan fingerprint density at radius 3 is 1.19 bits per heavy atom. The molecule has 42 heavy (non-hydrogen) atoms. The van der Waals surface area contributed by atoms with Crippen LogP contribution < -0.4 is 0 Å². The standard InChI is InChI=1S/C27H17N3O12/c31-25(32)13-1-4-19(22(10-13)28(37)38)16-7-17(20-5-2-14(26(33)34)11-23(20)29(39)40)9-18(8-16)21-6-3-15(27(35)36)12-24(21)30(41)42/h1-12,25,31-32H,(H,33,34)(H,35,36). The lowest BCUT2D eigenvalue weighted by atomic mass is 9.90. The molecule has 212 valence electrons. The average Bonchev–Trinajstić information content (AvgIpc) is 2.95. The molecule has 4 aromatic rings. The first-order chi connectivity index (χ1) is 19.8. The largest absolute Gasteiger partial charge is 0.478 e. The molecule has 0 aliphatic rings. The fourth-order valence-electron chi connectivity index (χ4n) is 4.32. The number of nitro groups is 3. The van der Waals surface area contributed by atoms with Gasteiger partial charge in [-0.25, -0.2) is 9.59 Å². The molecule has 15 nitrogen and oxygen atoms in total. The Kier molecular flexibility index (Phi) is 7.72. The van der Waals surface area contributed by atoms with Crippen molar-refractivity contribution in [2.45, 2.75) is 6.29 Å². The van der Waals surface area contributed by atoms with Crippen molar-refractivity contribution >= 4 is 29.0 Å². The van der Waals surface area contributed by atoms with Crippen LogP contribution in [0.15, 0.2) is 72.8 Å². The van der Waals surface area contributed by atoms with Crippen molar-refractivity contribution in [1.29, 1.82) is 0 Å². The van der Waals surface area contributed by atoms with Gasteiger partial charge in [0.1, 0.15) is 0 Å². The summed E-state index contributed by atoms with van der Waals surface area (Å²) in [5.41, 5.74) is -3.13. The normalized spacial score (nSPS) is 10.8. The molecule has 15 heteroatoms. The van der Waals surface area contributed by atoms with E-state index in [1.807, 2.05) is 0 Å². The number of aliphatic hydroxyl groups is 2. The number of aliphatic hydroxyl groups excluding tert-OH is 1. The number of nitrogens with zero attached hydrogens (tertiary/aromatic N) is 3. The molecule has 4 N–H and O–H groups in total. The van der Waals surface area contributed by atoms with Crippen molar-refractivity contribution in [1.82, 2.24) is 0 Å². The number of aromatic carboxylic acids is 2. The van der Waals surface area contributed by atoms with Crippen LogP contribution in [-0.4, -0.2) is 47.1 Å². The third kappa shape index (κ3) is 5.62. The van der Waals surface area contributed by atoms with Crippen LogP contribution in [-0.2, 0) is 0 Å². The molecule has 0 radical (unpaired) electrons. The molecule has 0 saturated heterocycles. The summed E-state index contributed by atoms with van der Waals surface area (Å²) in [6.45, 7) is 0. The molecular weight excluding hydrogens is 558 g/mol. The summed E-state index contributed by atoms with van der Waals surface area (Å²) in [7, 11) is 0. The number of benzene rings is 4. The van der Waals surface area contributed by atoms with Gasteiger partial charge in [0.25, 0.3) is 17.1 Å². The van der Waals surface area contributed by atoms with Crippen molar-refractivity contribution in [3.8, 4) is 33.4 Å². The van der Waals surface area contributed by atoms with E-state index in [0.29, 0.717) is 0 Å². The average molecular weight is 575 g/mol. The third-order valence-electron chi connectivity index (χ3n) is 6.27. The summed E-state index contributed by atoms with van der Waals surface area (Å²) in [5, 5.41) is 73.3. The molecular formula is C27H17N3O12. The number of nitro benzene ring substituents is 3. The number of carbonyl (C=O) groups is 2. The summed E-state index contributed by atoms with van der Waals surface area (Å²) in [4.78, 5) is 56.1. The zero-order valence-corrected chi connectivity index (χ0v) is 20.9. The number of hydrogen-bond donors (Lipinski definition) is 4. The van der Waals surface area contributed by atoms with E-state index >= 15 is 0 Å². The lowest BCUT2D eigenvalue weighted by molar-refractivity contribution is -0.384. The lowest BCUT2D eigenvalue weighted by Crippen LogP contribution is -2.01. The summed E-state index contributed by atoms with van der Waals surface area (Å²) in [6, 6.07) is 13.3. The van der Waals surface area contributed by atoms with Crippen LogP contribution in [0.5, 0.6) is 0 Å². The highest BCUT2D eigenvalue weighted by Gasteiger charge is 2.25. The van der Waals surface area contributed by atoms with E-state index in [-0.39, 0.29) is 38.9 Å². The van der Waals surface area contributed by atoms with E-state index < -0.39 is 61.2 Å². The van der Waals surface area contributed by atoms with Crippen molar-refractivity contribution in [2.24, 2.45) is 0 Å². The Labute approximate surface area is 233 Å². The van der Waals surface area contributed by atoms with Gasteiger partial charge < -0.3 is 20.4 Å². The minimum absolute atomic E-state index is 0.0170. The Bertz CT molecular complexity index is 1720. The number of rotatable bonds is 9. The second-order valence-corrected chi connectivity index (χ2v) is 8.79. The Morgan fingerprint density at radius 1 is 0.548 bits per heavy atom. The molecule has 0 heterocycles. The second kappa shape index (κ2) is 11.2. The minimum Gasteiger partial charge on any atom is -0.478 e. The second-order valence-electron chi connectivity index (χ2n) is 8.79. The highest BCUT2D eigenvalue weighted by atomic mass is 16.6. The minimum atomic E-state index is -2.04. The van der Waals surface area contributed by atoms with E-state index in [0.717, 1.165) is 42.5 Å². The lowest BCUT2D eigenvalue weighted by Gasteiger charge is -2.13. The Balaban J connectivity index is 2.10. The fraction of sp³-hybridized carbons (Fsp3) is 0.0370. The monoisotopic (exact) mass is 575 g/mol.